The molecule has 0 saturated carbocycles. The summed E-state index contributed by atoms with van der Waals surface area (Å²) in [6, 6.07) is 80.7. The number of benzene rings is 11. The predicted molar refractivity (Wildman–Crippen MR) is 256 cm³/mol. The maximum absolute atomic E-state index is 2.53. The summed E-state index contributed by atoms with van der Waals surface area (Å²) in [5.74, 6) is 0. The van der Waals surface area contributed by atoms with E-state index in [4.69, 9.17) is 0 Å². The Bertz CT molecular complexity index is 3880. The second-order valence-corrected chi connectivity index (χ2v) is 16.0. The molecule has 0 amide bonds. The molecule has 0 N–H and O–H groups in total. The fourth-order valence-corrected chi connectivity index (χ4v) is 10.3. The van der Waals surface area contributed by atoms with E-state index >= 15 is 0 Å². The van der Waals surface area contributed by atoms with Crippen molar-refractivity contribution in [3.63, 3.8) is 0 Å². The van der Waals surface area contributed by atoms with Crippen LogP contribution >= 0.6 is 0 Å². The zero-order valence-corrected chi connectivity index (χ0v) is 32.7. The third-order valence-electron chi connectivity index (χ3n) is 12.8. The number of nitrogens with zero attached hydrogens (tertiary/aromatic N) is 2. The number of para-hydroxylation sites is 2. The molecule has 2 heteroatoms. The highest BCUT2D eigenvalue weighted by Crippen LogP contribution is 2.47. The van der Waals surface area contributed by atoms with Crippen LogP contribution in [-0.2, 0) is 0 Å². The van der Waals surface area contributed by atoms with Gasteiger partial charge in [-0.25, -0.2) is 0 Å². The first-order valence-electron chi connectivity index (χ1n) is 20.8. The largest absolute Gasteiger partial charge is 0.309 e. The van der Waals surface area contributed by atoms with Gasteiger partial charge in [0, 0.05) is 32.5 Å². The second kappa shape index (κ2) is 12.8. The molecule has 0 spiro atoms. The fourth-order valence-electron chi connectivity index (χ4n) is 10.3. The van der Waals surface area contributed by atoms with E-state index in [2.05, 4.69) is 228 Å². The third-order valence-corrected chi connectivity index (χ3v) is 12.8. The van der Waals surface area contributed by atoms with Crippen molar-refractivity contribution in [3.05, 3.63) is 218 Å². The Morgan fingerprint density at radius 1 is 0.233 bits per heavy atom. The van der Waals surface area contributed by atoms with Crippen molar-refractivity contribution in [3.8, 4) is 33.6 Å². The summed E-state index contributed by atoms with van der Waals surface area (Å²) in [5, 5.41) is 15.0. The van der Waals surface area contributed by atoms with Crippen LogP contribution in [0.25, 0.3) is 120 Å². The van der Waals surface area contributed by atoms with Gasteiger partial charge in [0.25, 0.3) is 0 Å². The minimum Gasteiger partial charge on any atom is -0.309 e. The Morgan fingerprint density at radius 3 is 1.27 bits per heavy atom. The van der Waals surface area contributed by atoms with E-state index in [0.29, 0.717) is 0 Å². The number of hydrogen-bond donors (Lipinski definition) is 0. The lowest BCUT2D eigenvalue weighted by molar-refractivity contribution is 1.19. The molecule has 60 heavy (non-hydrogen) atoms. The molecule has 0 radical (unpaired) electrons. The second-order valence-electron chi connectivity index (χ2n) is 16.0. The molecule has 13 aromatic rings. The summed E-state index contributed by atoms with van der Waals surface area (Å²) in [4.78, 5) is 0. The summed E-state index contributed by atoms with van der Waals surface area (Å²) >= 11 is 0. The van der Waals surface area contributed by atoms with Crippen LogP contribution in [0, 0.1) is 0 Å². The smallest absolute Gasteiger partial charge is 0.0554 e. The van der Waals surface area contributed by atoms with Gasteiger partial charge in [0.2, 0.25) is 0 Å². The van der Waals surface area contributed by atoms with Gasteiger partial charge in [-0.3, -0.25) is 0 Å². The number of fused-ring (bicyclic) bond motifs is 12. The fraction of sp³-hybridized carbons (Fsp3) is 0. The van der Waals surface area contributed by atoms with Crippen LogP contribution in [-0.4, -0.2) is 9.13 Å². The van der Waals surface area contributed by atoms with E-state index in [-0.39, 0.29) is 0 Å². The topological polar surface area (TPSA) is 9.86 Å². The van der Waals surface area contributed by atoms with E-state index in [9.17, 15) is 0 Å². The lowest BCUT2D eigenvalue weighted by atomic mass is 9.90. The Kier molecular flexibility index (Phi) is 7.05. The monoisotopic (exact) mass is 760 g/mol. The number of rotatable bonds is 4. The summed E-state index contributed by atoms with van der Waals surface area (Å²) in [6.07, 6.45) is 0. The van der Waals surface area contributed by atoms with Gasteiger partial charge in [-0.15, -0.1) is 0 Å². The minimum atomic E-state index is 1.17. The van der Waals surface area contributed by atoms with Crippen molar-refractivity contribution >= 4 is 86.7 Å². The van der Waals surface area contributed by atoms with Gasteiger partial charge in [0.15, 0.2) is 0 Å². The normalized spacial score (nSPS) is 12.0. The summed E-state index contributed by atoms with van der Waals surface area (Å²) in [7, 11) is 0. The maximum atomic E-state index is 2.53. The van der Waals surface area contributed by atoms with E-state index in [1.807, 2.05) is 0 Å². The van der Waals surface area contributed by atoms with E-state index < -0.39 is 0 Å². The summed E-state index contributed by atoms with van der Waals surface area (Å²) < 4.78 is 5.03. The van der Waals surface area contributed by atoms with Crippen LogP contribution in [0.5, 0.6) is 0 Å². The summed E-state index contributed by atoms with van der Waals surface area (Å²) in [5.41, 5.74) is 12.0. The maximum Gasteiger partial charge on any atom is 0.0554 e. The van der Waals surface area contributed by atoms with Crippen LogP contribution < -0.4 is 0 Å². The van der Waals surface area contributed by atoms with E-state index in [1.54, 1.807) is 0 Å². The van der Waals surface area contributed by atoms with E-state index in [0.717, 1.165) is 0 Å². The van der Waals surface area contributed by atoms with Gasteiger partial charge in [0.05, 0.1) is 33.4 Å². The first-order chi connectivity index (χ1) is 29.8. The zero-order chi connectivity index (χ0) is 39.3. The number of aromatic nitrogens is 2. The minimum absolute atomic E-state index is 1.17. The first kappa shape index (κ1) is 33.1. The molecule has 0 fully saturated rings. The van der Waals surface area contributed by atoms with Crippen LogP contribution in [0.4, 0.5) is 0 Å². The van der Waals surface area contributed by atoms with Gasteiger partial charge in [-0.2, -0.15) is 0 Å². The molecule has 0 aliphatic carbocycles. The van der Waals surface area contributed by atoms with Gasteiger partial charge in [-0.1, -0.05) is 176 Å². The summed E-state index contributed by atoms with van der Waals surface area (Å²) in [6.45, 7) is 0. The Hall–Kier alpha value is -7.94. The lowest BCUT2D eigenvalue weighted by Crippen LogP contribution is -1.98. The van der Waals surface area contributed by atoms with Gasteiger partial charge < -0.3 is 9.13 Å². The molecular formula is C58H36N2. The highest BCUT2D eigenvalue weighted by atomic mass is 15.0. The van der Waals surface area contributed by atoms with Gasteiger partial charge >= 0.3 is 0 Å². The zero-order valence-electron chi connectivity index (χ0n) is 32.7. The Morgan fingerprint density at radius 2 is 0.667 bits per heavy atom. The average molecular weight is 761 g/mol. The highest BCUT2D eigenvalue weighted by molar-refractivity contribution is 6.29. The van der Waals surface area contributed by atoms with Crippen LogP contribution in [0.15, 0.2) is 218 Å². The van der Waals surface area contributed by atoms with Crippen molar-refractivity contribution < 1.29 is 0 Å². The molecule has 0 unspecified atom stereocenters. The molecule has 278 valence electrons. The first-order valence-corrected chi connectivity index (χ1v) is 20.8. The molecule has 2 nitrogen and oxygen atoms in total. The van der Waals surface area contributed by atoms with Crippen molar-refractivity contribution in [2.24, 2.45) is 0 Å². The third kappa shape index (κ3) is 4.70. The molecule has 11 aromatic carbocycles. The molecule has 0 aliphatic heterocycles. The van der Waals surface area contributed by atoms with Crippen molar-refractivity contribution in [1.29, 1.82) is 0 Å². The SMILES string of the molecule is c1ccc(-c2cc3ccccc3cc2-n2c3ccccc3c3c4ccccc4c(-c4cc5c(c6ccccc46)c4ccccc4n5-c4cccc5ccccc45)cc32)cc1. The molecule has 0 saturated heterocycles. The standard InChI is InChI=1S/C58H36N2/c1-2-17-38(18-3-1)48-33-39-20-4-5-21-40(39)34-54(48)60-53-31-15-13-29-47(53)58-45-27-11-9-25-43(45)50(36-56(58)60)49-35-55-57(44-26-10-8-24-42(44)49)46-28-12-14-30-52(46)59(55)51-32-16-22-37-19-6-7-23-41(37)51/h1-36H. The molecule has 13 rings (SSSR count). The molecule has 0 bridgehead atoms. The molecule has 0 aliphatic rings. The van der Waals surface area contributed by atoms with Crippen LogP contribution in [0.2, 0.25) is 0 Å². The van der Waals surface area contributed by atoms with Crippen molar-refractivity contribution in [2.45, 2.75) is 0 Å². The van der Waals surface area contributed by atoms with E-state index in [1.165, 1.54) is 120 Å². The van der Waals surface area contributed by atoms with Crippen molar-refractivity contribution in [2.75, 3.05) is 0 Å². The lowest BCUT2D eigenvalue weighted by Gasteiger charge is -2.18. The van der Waals surface area contributed by atoms with Gasteiger partial charge in [0.1, 0.15) is 0 Å². The number of hydrogen-bond acceptors (Lipinski definition) is 0. The molecule has 0 atom stereocenters. The van der Waals surface area contributed by atoms with Crippen LogP contribution in [0.1, 0.15) is 0 Å². The highest BCUT2D eigenvalue weighted by Gasteiger charge is 2.23. The molecular weight excluding hydrogens is 725 g/mol. The predicted octanol–water partition coefficient (Wildman–Crippen LogP) is 15.8. The quantitative estimate of drug-likeness (QED) is 0.169. The van der Waals surface area contributed by atoms with Crippen LogP contribution in [0.3, 0.4) is 0 Å². The Balaban J connectivity index is 1.20. The molecule has 2 aromatic heterocycles. The van der Waals surface area contributed by atoms with Crippen molar-refractivity contribution in [1.82, 2.24) is 9.13 Å². The average Bonchev–Trinajstić information content (AvgIpc) is 3.83. The molecule has 2 heterocycles. The Labute approximate surface area is 346 Å². The van der Waals surface area contributed by atoms with Gasteiger partial charge in [-0.05, 0) is 96.9 Å².